The standard InChI is InChI=1S/C19H36N2O3S/c1-5-14-25(23,24)21-13-7-8-17(21)18(22)20-16-11-9-15(10-12-16)19(3,4)6-2/h15-17H,5-14H2,1-4H3,(H,20,22). The minimum absolute atomic E-state index is 0.0876. The van der Waals surface area contributed by atoms with Crippen molar-refractivity contribution in [3.8, 4) is 0 Å². The van der Waals surface area contributed by atoms with Gasteiger partial charge in [-0.2, -0.15) is 4.31 Å². The second-order valence-corrected chi connectivity index (χ2v) is 10.5. The van der Waals surface area contributed by atoms with Crippen molar-refractivity contribution in [2.45, 2.75) is 91.1 Å². The molecule has 1 heterocycles. The summed E-state index contributed by atoms with van der Waals surface area (Å²) in [7, 11) is -3.30. The van der Waals surface area contributed by atoms with Gasteiger partial charge in [-0.3, -0.25) is 4.79 Å². The fraction of sp³-hybridized carbons (Fsp3) is 0.947. The first-order valence-corrected chi connectivity index (χ1v) is 11.6. The number of hydrogen-bond donors (Lipinski definition) is 1. The Labute approximate surface area is 154 Å². The molecule has 2 aliphatic rings. The van der Waals surface area contributed by atoms with E-state index in [4.69, 9.17) is 0 Å². The van der Waals surface area contributed by atoms with Gasteiger partial charge in [0, 0.05) is 12.6 Å². The second-order valence-electron chi connectivity index (χ2n) is 8.48. The molecule has 0 aromatic carbocycles. The van der Waals surface area contributed by atoms with E-state index in [0.717, 1.165) is 38.0 Å². The lowest BCUT2D eigenvalue weighted by Gasteiger charge is -2.39. The molecule has 1 aliphatic heterocycles. The molecule has 0 aromatic rings. The van der Waals surface area contributed by atoms with Gasteiger partial charge in [0.05, 0.1) is 5.75 Å². The van der Waals surface area contributed by atoms with E-state index in [-0.39, 0.29) is 17.7 Å². The van der Waals surface area contributed by atoms with Crippen LogP contribution in [-0.4, -0.2) is 43.0 Å². The van der Waals surface area contributed by atoms with Gasteiger partial charge in [-0.15, -0.1) is 0 Å². The summed E-state index contributed by atoms with van der Waals surface area (Å²) < 4.78 is 26.2. The van der Waals surface area contributed by atoms with Crippen molar-refractivity contribution in [2.24, 2.45) is 11.3 Å². The molecule has 0 radical (unpaired) electrons. The predicted octanol–water partition coefficient (Wildman–Crippen LogP) is 3.30. The van der Waals surface area contributed by atoms with Gasteiger partial charge < -0.3 is 5.32 Å². The SMILES string of the molecule is CCCS(=O)(=O)N1CCCC1C(=O)NC1CCC(C(C)(C)CC)CC1. The van der Waals surface area contributed by atoms with Gasteiger partial charge >= 0.3 is 0 Å². The molecular weight excluding hydrogens is 336 g/mol. The van der Waals surface area contributed by atoms with Crippen molar-refractivity contribution in [3.63, 3.8) is 0 Å². The summed E-state index contributed by atoms with van der Waals surface area (Å²) in [6, 6.07) is -0.297. The molecule has 1 saturated heterocycles. The molecule has 25 heavy (non-hydrogen) atoms. The Balaban J connectivity index is 1.90. The van der Waals surface area contributed by atoms with Crippen LogP contribution in [0.2, 0.25) is 0 Å². The van der Waals surface area contributed by atoms with Crippen LogP contribution in [0.3, 0.4) is 0 Å². The first-order valence-electron chi connectivity index (χ1n) is 10.0. The highest BCUT2D eigenvalue weighted by Crippen LogP contribution is 2.40. The Kier molecular flexibility index (Phi) is 6.94. The van der Waals surface area contributed by atoms with Crippen molar-refractivity contribution in [1.82, 2.24) is 9.62 Å². The van der Waals surface area contributed by atoms with Gasteiger partial charge in [0.2, 0.25) is 15.9 Å². The van der Waals surface area contributed by atoms with E-state index >= 15 is 0 Å². The van der Waals surface area contributed by atoms with E-state index in [0.29, 0.717) is 24.8 Å². The monoisotopic (exact) mass is 372 g/mol. The van der Waals surface area contributed by atoms with Crippen LogP contribution in [0.5, 0.6) is 0 Å². The Bertz CT molecular complexity index is 551. The maximum Gasteiger partial charge on any atom is 0.238 e. The van der Waals surface area contributed by atoms with Crippen molar-refractivity contribution in [1.29, 1.82) is 0 Å². The zero-order chi connectivity index (χ0) is 18.7. The molecule has 0 spiro atoms. The van der Waals surface area contributed by atoms with Crippen LogP contribution in [0.4, 0.5) is 0 Å². The third-order valence-electron chi connectivity index (χ3n) is 6.42. The fourth-order valence-corrected chi connectivity index (χ4v) is 6.06. The van der Waals surface area contributed by atoms with Crippen molar-refractivity contribution in [2.75, 3.05) is 12.3 Å². The van der Waals surface area contributed by atoms with Crippen LogP contribution >= 0.6 is 0 Å². The Morgan fingerprint density at radius 1 is 1.12 bits per heavy atom. The molecule has 5 nitrogen and oxygen atoms in total. The van der Waals surface area contributed by atoms with E-state index in [1.165, 1.54) is 10.7 Å². The zero-order valence-electron chi connectivity index (χ0n) is 16.4. The first-order chi connectivity index (χ1) is 11.7. The van der Waals surface area contributed by atoms with Gasteiger partial charge in [0.15, 0.2) is 0 Å². The Morgan fingerprint density at radius 2 is 1.76 bits per heavy atom. The number of nitrogens with zero attached hydrogens (tertiary/aromatic N) is 1. The first kappa shape index (κ1) is 20.7. The summed E-state index contributed by atoms with van der Waals surface area (Å²) in [6.07, 6.45) is 7.50. The third kappa shape index (κ3) is 4.97. The van der Waals surface area contributed by atoms with Gasteiger partial charge in [-0.25, -0.2) is 8.42 Å². The van der Waals surface area contributed by atoms with Crippen LogP contribution in [-0.2, 0) is 14.8 Å². The lowest BCUT2D eigenvalue weighted by Crippen LogP contribution is -2.50. The normalized spacial score (nSPS) is 28.9. The van der Waals surface area contributed by atoms with Gasteiger partial charge in [0.25, 0.3) is 0 Å². The predicted molar refractivity (Wildman–Crippen MR) is 102 cm³/mol. The zero-order valence-corrected chi connectivity index (χ0v) is 17.2. The van der Waals surface area contributed by atoms with Crippen molar-refractivity contribution < 1.29 is 13.2 Å². The lowest BCUT2D eigenvalue weighted by molar-refractivity contribution is -0.125. The minimum atomic E-state index is -3.30. The van der Waals surface area contributed by atoms with E-state index < -0.39 is 16.1 Å². The van der Waals surface area contributed by atoms with Crippen molar-refractivity contribution in [3.05, 3.63) is 0 Å². The maximum absolute atomic E-state index is 12.7. The molecule has 6 heteroatoms. The van der Waals surface area contributed by atoms with Crippen LogP contribution in [0, 0.1) is 11.3 Å². The smallest absolute Gasteiger partial charge is 0.238 e. The summed E-state index contributed by atoms with van der Waals surface area (Å²) >= 11 is 0. The number of amides is 1. The molecule has 2 rings (SSSR count). The van der Waals surface area contributed by atoms with E-state index in [1.54, 1.807) is 0 Å². The highest BCUT2D eigenvalue weighted by Gasteiger charge is 2.39. The Morgan fingerprint density at radius 3 is 2.32 bits per heavy atom. The topological polar surface area (TPSA) is 66.5 Å². The molecule has 1 amide bonds. The average Bonchev–Trinajstić information content (AvgIpc) is 3.06. The largest absolute Gasteiger partial charge is 0.352 e. The van der Waals surface area contributed by atoms with Gasteiger partial charge in [-0.05, 0) is 56.3 Å². The number of rotatable bonds is 7. The molecule has 2 fully saturated rings. The quantitative estimate of drug-likeness (QED) is 0.745. The van der Waals surface area contributed by atoms with Crippen LogP contribution < -0.4 is 5.32 Å². The van der Waals surface area contributed by atoms with E-state index in [9.17, 15) is 13.2 Å². The number of hydrogen-bond acceptors (Lipinski definition) is 3. The van der Waals surface area contributed by atoms with Gasteiger partial charge in [0.1, 0.15) is 6.04 Å². The molecule has 1 N–H and O–H groups in total. The van der Waals surface area contributed by atoms with Crippen LogP contribution in [0.25, 0.3) is 0 Å². The third-order valence-corrected chi connectivity index (χ3v) is 8.49. The number of carbonyl (C=O) groups excluding carboxylic acids is 1. The molecule has 1 unspecified atom stereocenters. The molecule has 146 valence electrons. The maximum atomic E-state index is 12.7. The molecule has 0 bridgehead atoms. The molecular formula is C19H36N2O3S. The number of nitrogens with one attached hydrogen (secondary N) is 1. The van der Waals surface area contributed by atoms with E-state index in [1.807, 2.05) is 6.92 Å². The van der Waals surface area contributed by atoms with Crippen molar-refractivity contribution >= 4 is 15.9 Å². The van der Waals surface area contributed by atoms with E-state index in [2.05, 4.69) is 26.1 Å². The van der Waals surface area contributed by atoms with Crippen LogP contribution in [0.1, 0.15) is 79.1 Å². The summed E-state index contributed by atoms with van der Waals surface area (Å²) in [5.74, 6) is 0.766. The molecule has 0 aromatic heterocycles. The summed E-state index contributed by atoms with van der Waals surface area (Å²) in [4.78, 5) is 12.7. The lowest BCUT2D eigenvalue weighted by atomic mass is 9.69. The highest BCUT2D eigenvalue weighted by molar-refractivity contribution is 7.89. The summed E-state index contributed by atoms with van der Waals surface area (Å²) in [5, 5.41) is 3.15. The minimum Gasteiger partial charge on any atom is -0.352 e. The molecule has 1 saturated carbocycles. The molecule has 1 aliphatic carbocycles. The molecule has 1 atom stereocenters. The summed E-state index contributed by atoms with van der Waals surface area (Å²) in [6.45, 7) is 9.27. The summed E-state index contributed by atoms with van der Waals surface area (Å²) in [5.41, 5.74) is 0.367. The van der Waals surface area contributed by atoms with Crippen LogP contribution in [0.15, 0.2) is 0 Å². The highest BCUT2D eigenvalue weighted by atomic mass is 32.2. The average molecular weight is 373 g/mol. The second kappa shape index (κ2) is 8.38. The Hall–Kier alpha value is -0.620. The fourth-order valence-electron chi connectivity index (χ4n) is 4.32. The number of carbonyl (C=O) groups is 1. The number of sulfonamides is 1. The van der Waals surface area contributed by atoms with Gasteiger partial charge in [-0.1, -0.05) is 34.1 Å².